The van der Waals surface area contributed by atoms with E-state index in [1.165, 1.54) is 18.0 Å². The maximum absolute atomic E-state index is 12.5. The molecule has 0 spiro atoms. The first-order valence-electron chi connectivity index (χ1n) is 8.09. The van der Waals surface area contributed by atoms with Gasteiger partial charge in [0, 0.05) is 12.2 Å². The molecular formula is C19H17ClN4O3. The van der Waals surface area contributed by atoms with Crippen LogP contribution in [0.4, 0.5) is 16.2 Å². The minimum absolute atomic E-state index is 0.0674. The van der Waals surface area contributed by atoms with Gasteiger partial charge < -0.3 is 10.1 Å². The highest BCUT2D eigenvalue weighted by atomic mass is 35.5. The number of para-hydroxylation sites is 1. The van der Waals surface area contributed by atoms with E-state index >= 15 is 0 Å². The van der Waals surface area contributed by atoms with Crippen molar-refractivity contribution in [1.82, 2.24) is 9.78 Å². The monoisotopic (exact) mass is 384 g/mol. The van der Waals surface area contributed by atoms with Crippen molar-refractivity contribution in [2.24, 2.45) is 0 Å². The van der Waals surface area contributed by atoms with Crippen molar-refractivity contribution < 1.29 is 9.53 Å². The fourth-order valence-corrected chi connectivity index (χ4v) is 2.58. The van der Waals surface area contributed by atoms with Crippen LogP contribution in [0.1, 0.15) is 5.56 Å². The standard InChI is InChI=1S/C19H17ClN4O3/c1-27-19(26)23-14-9-7-13(8-10-14)11-21-16-12-22-24(18(25)17(16)20)15-5-3-2-4-6-15/h2-10,12,21H,11H2,1H3,(H,23,26). The lowest BCUT2D eigenvalue weighted by Gasteiger charge is -2.11. The third kappa shape index (κ3) is 4.45. The fourth-order valence-electron chi connectivity index (χ4n) is 2.38. The SMILES string of the molecule is COC(=O)Nc1ccc(CNc2cnn(-c3ccccc3)c(=O)c2Cl)cc1. The quantitative estimate of drug-likeness (QED) is 0.701. The number of nitrogens with zero attached hydrogens (tertiary/aromatic N) is 2. The van der Waals surface area contributed by atoms with Crippen molar-refractivity contribution in [3.05, 3.63) is 81.7 Å². The first-order valence-corrected chi connectivity index (χ1v) is 8.47. The number of amides is 1. The zero-order valence-electron chi connectivity index (χ0n) is 14.5. The molecule has 0 fully saturated rings. The fraction of sp³-hybridized carbons (Fsp3) is 0.105. The Balaban J connectivity index is 1.70. The highest BCUT2D eigenvalue weighted by molar-refractivity contribution is 6.32. The molecule has 3 aromatic rings. The van der Waals surface area contributed by atoms with Gasteiger partial charge in [-0.25, -0.2) is 4.79 Å². The molecular weight excluding hydrogens is 368 g/mol. The van der Waals surface area contributed by atoms with Crippen molar-refractivity contribution in [2.75, 3.05) is 17.7 Å². The van der Waals surface area contributed by atoms with Crippen molar-refractivity contribution in [1.29, 1.82) is 0 Å². The number of benzene rings is 2. The zero-order valence-corrected chi connectivity index (χ0v) is 15.2. The molecule has 0 atom stereocenters. The van der Waals surface area contributed by atoms with Gasteiger partial charge in [-0.05, 0) is 29.8 Å². The predicted molar refractivity (Wildman–Crippen MR) is 105 cm³/mol. The maximum atomic E-state index is 12.5. The van der Waals surface area contributed by atoms with Crippen LogP contribution in [0.2, 0.25) is 5.02 Å². The smallest absolute Gasteiger partial charge is 0.411 e. The lowest BCUT2D eigenvalue weighted by Crippen LogP contribution is -2.22. The van der Waals surface area contributed by atoms with E-state index in [4.69, 9.17) is 11.6 Å². The van der Waals surface area contributed by atoms with Gasteiger partial charge in [-0.2, -0.15) is 9.78 Å². The Labute approximate surface area is 160 Å². The number of carbonyl (C=O) groups excluding carboxylic acids is 1. The van der Waals surface area contributed by atoms with Gasteiger partial charge in [-0.3, -0.25) is 10.1 Å². The van der Waals surface area contributed by atoms with E-state index in [1.54, 1.807) is 24.3 Å². The minimum Gasteiger partial charge on any atom is -0.453 e. The van der Waals surface area contributed by atoms with Crippen molar-refractivity contribution in [3.63, 3.8) is 0 Å². The van der Waals surface area contributed by atoms with E-state index in [0.29, 0.717) is 23.6 Å². The molecule has 0 aliphatic rings. The van der Waals surface area contributed by atoms with Crippen LogP contribution in [-0.4, -0.2) is 23.0 Å². The molecule has 1 amide bonds. The van der Waals surface area contributed by atoms with Crippen LogP contribution >= 0.6 is 11.6 Å². The Bertz CT molecular complexity index is 988. The molecule has 0 aliphatic heterocycles. The summed E-state index contributed by atoms with van der Waals surface area (Å²) in [6, 6.07) is 16.2. The number of carbonyl (C=O) groups is 1. The molecule has 2 N–H and O–H groups in total. The third-order valence-electron chi connectivity index (χ3n) is 3.79. The van der Waals surface area contributed by atoms with Crippen LogP contribution in [-0.2, 0) is 11.3 Å². The molecule has 27 heavy (non-hydrogen) atoms. The normalized spacial score (nSPS) is 10.3. The number of halogens is 1. The number of aromatic nitrogens is 2. The highest BCUT2D eigenvalue weighted by Gasteiger charge is 2.10. The number of ether oxygens (including phenoxy) is 1. The van der Waals surface area contributed by atoms with E-state index in [-0.39, 0.29) is 5.02 Å². The van der Waals surface area contributed by atoms with Crippen molar-refractivity contribution in [2.45, 2.75) is 6.54 Å². The lowest BCUT2D eigenvalue weighted by molar-refractivity contribution is 0.187. The summed E-state index contributed by atoms with van der Waals surface area (Å²) in [6.45, 7) is 0.439. The van der Waals surface area contributed by atoms with Gasteiger partial charge in [0.05, 0.1) is 24.7 Å². The number of nitrogens with one attached hydrogen (secondary N) is 2. The Kier molecular flexibility index (Phi) is 5.73. The maximum Gasteiger partial charge on any atom is 0.411 e. The van der Waals surface area contributed by atoms with E-state index < -0.39 is 11.7 Å². The lowest BCUT2D eigenvalue weighted by atomic mass is 10.2. The van der Waals surface area contributed by atoms with Crippen LogP contribution in [0.25, 0.3) is 5.69 Å². The molecule has 1 heterocycles. The van der Waals surface area contributed by atoms with Crippen molar-refractivity contribution in [3.8, 4) is 5.69 Å². The van der Waals surface area contributed by atoms with Gasteiger partial charge in [0.2, 0.25) is 0 Å². The zero-order chi connectivity index (χ0) is 19.2. The number of hydrogen-bond donors (Lipinski definition) is 2. The van der Waals surface area contributed by atoms with Crippen LogP contribution < -0.4 is 16.2 Å². The first-order chi connectivity index (χ1) is 13.1. The average molecular weight is 385 g/mol. The van der Waals surface area contributed by atoms with E-state index in [1.807, 2.05) is 30.3 Å². The molecule has 3 rings (SSSR count). The third-order valence-corrected chi connectivity index (χ3v) is 4.15. The largest absolute Gasteiger partial charge is 0.453 e. The molecule has 7 nitrogen and oxygen atoms in total. The van der Waals surface area contributed by atoms with Crippen LogP contribution in [0.15, 0.2) is 65.6 Å². The van der Waals surface area contributed by atoms with Gasteiger partial charge in [-0.15, -0.1) is 0 Å². The molecule has 138 valence electrons. The van der Waals surface area contributed by atoms with Gasteiger partial charge in [0.15, 0.2) is 0 Å². The number of anilines is 2. The second-order valence-electron chi connectivity index (χ2n) is 5.59. The molecule has 0 aliphatic carbocycles. The highest BCUT2D eigenvalue weighted by Crippen LogP contribution is 2.18. The summed E-state index contributed by atoms with van der Waals surface area (Å²) in [7, 11) is 1.30. The number of rotatable bonds is 5. The summed E-state index contributed by atoms with van der Waals surface area (Å²) in [5, 5.41) is 9.92. The second kappa shape index (κ2) is 8.37. The number of methoxy groups -OCH3 is 1. The van der Waals surface area contributed by atoms with Gasteiger partial charge in [0.1, 0.15) is 5.02 Å². The molecule has 0 unspecified atom stereocenters. The summed E-state index contributed by atoms with van der Waals surface area (Å²) in [5.41, 5.74) is 2.25. The summed E-state index contributed by atoms with van der Waals surface area (Å²) >= 11 is 6.22. The Morgan fingerprint density at radius 1 is 1.15 bits per heavy atom. The van der Waals surface area contributed by atoms with Crippen LogP contribution in [0, 0.1) is 0 Å². The molecule has 0 saturated heterocycles. The summed E-state index contributed by atoms with van der Waals surface area (Å²) < 4.78 is 5.79. The Morgan fingerprint density at radius 3 is 2.52 bits per heavy atom. The molecule has 8 heteroatoms. The van der Waals surface area contributed by atoms with E-state index in [0.717, 1.165) is 5.56 Å². The van der Waals surface area contributed by atoms with Crippen LogP contribution in [0.5, 0.6) is 0 Å². The van der Waals surface area contributed by atoms with Gasteiger partial charge >= 0.3 is 6.09 Å². The van der Waals surface area contributed by atoms with Crippen LogP contribution in [0.3, 0.4) is 0 Å². The molecule has 0 saturated carbocycles. The molecule has 1 aromatic heterocycles. The number of hydrogen-bond acceptors (Lipinski definition) is 5. The van der Waals surface area contributed by atoms with Gasteiger partial charge in [-0.1, -0.05) is 41.9 Å². The topological polar surface area (TPSA) is 85.2 Å². The Hall–Kier alpha value is -3.32. The van der Waals surface area contributed by atoms with E-state index in [2.05, 4.69) is 20.5 Å². The first kappa shape index (κ1) is 18.5. The predicted octanol–water partition coefficient (Wildman–Crippen LogP) is 3.68. The summed E-state index contributed by atoms with van der Waals surface area (Å²) in [6.07, 6.45) is 0.988. The Morgan fingerprint density at radius 2 is 1.85 bits per heavy atom. The summed E-state index contributed by atoms with van der Waals surface area (Å²) in [5.74, 6) is 0. The van der Waals surface area contributed by atoms with Crippen molar-refractivity contribution >= 4 is 29.1 Å². The molecule has 2 aromatic carbocycles. The molecule has 0 bridgehead atoms. The van der Waals surface area contributed by atoms with E-state index in [9.17, 15) is 9.59 Å². The van der Waals surface area contributed by atoms with Gasteiger partial charge in [0.25, 0.3) is 5.56 Å². The average Bonchev–Trinajstić information content (AvgIpc) is 2.71. The minimum atomic E-state index is -0.530. The molecule has 0 radical (unpaired) electrons. The summed E-state index contributed by atoms with van der Waals surface area (Å²) in [4.78, 5) is 23.6. The second-order valence-corrected chi connectivity index (χ2v) is 5.97.